The summed E-state index contributed by atoms with van der Waals surface area (Å²) in [6.07, 6.45) is 4.03. The number of hydrogen-bond donors (Lipinski definition) is 0. The van der Waals surface area contributed by atoms with E-state index in [0.717, 1.165) is 29.0 Å². The van der Waals surface area contributed by atoms with Crippen LogP contribution in [0.2, 0.25) is 0 Å². The lowest BCUT2D eigenvalue weighted by Gasteiger charge is -2.31. The molecule has 0 amide bonds. The Morgan fingerprint density at radius 2 is 2.11 bits per heavy atom. The third-order valence-corrected chi connectivity index (χ3v) is 4.42. The molecule has 1 aromatic rings. The number of benzene rings is 1. The molecule has 1 aliphatic carbocycles. The van der Waals surface area contributed by atoms with Crippen molar-refractivity contribution < 1.29 is 4.79 Å². The van der Waals surface area contributed by atoms with E-state index in [4.69, 9.17) is 0 Å². The summed E-state index contributed by atoms with van der Waals surface area (Å²) in [4.78, 5) is 14.5. The lowest BCUT2D eigenvalue weighted by atomic mass is 9.85. The standard InChI is InChI=1S/C15H20BrNO/c1-2-17(10-12-6-5-7-12)11-15(18)13-8-3-4-9-14(13)16/h3-4,8-9,12H,2,5-7,10-11H2,1H3. The van der Waals surface area contributed by atoms with Gasteiger partial charge in [0.1, 0.15) is 0 Å². The molecule has 1 saturated carbocycles. The Balaban J connectivity index is 1.94. The van der Waals surface area contributed by atoms with Crippen molar-refractivity contribution in [1.29, 1.82) is 0 Å². The van der Waals surface area contributed by atoms with Gasteiger partial charge in [0.05, 0.1) is 6.54 Å². The fraction of sp³-hybridized carbons (Fsp3) is 0.533. The van der Waals surface area contributed by atoms with Gasteiger partial charge in [-0.1, -0.05) is 47.5 Å². The first kappa shape index (κ1) is 13.8. The van der Waals surface area contributed by atoms with Gasteiger partial charge in [-0.05, 0) is 31.4 Å². The van der Waals surface area contributed by atoms with Crippen LogP contribution < -0.4 is 0 Å². The molecule has 18 heavy (non-hydrogen) atoms. The van der Waals surface area contributed by atoms with Crippen LogP contribution in [0.3, 0.4) is 0 Å². The summed E-state index contributed by atoms with van der Waals surface area (Å²) in [5.74, 6) is 1.03. The van der Waals surface area contributed by atoms with Gasteiger partial charge in [0, 0.05) is 16.6 Å². The van der Waals surface area contributed by atoms with Crippen molar-refractivity contribution in [3.8, 4) is 0 Å². The van der Waals surface area contributed by atoms with Crippen molar-refractivity contribution in [1.82, 2.24) is 4.90 Å². The van der Waals surface area contributed by atoms with Crippen LogP contribution in [0.25, 0.3) is 0 Å². The average molecular weight is 310 g/mol. The Labute approximate surface area is 117 Å². The normalized spacial score (nSPS) is 15.7. The first-order valence-electron chi connectivity index (χ1n) is 6.70. The van der Waals surface area contributed by atoms with Gasteiger partial charge in [0.2, 0.25) is 0 Å². The second-order valence-corrected chi connectivity index (χ2v) is 5.88. The Kier molecular flexibility index (Phi) is 4.95. The molecule has 3 heteroatoms. The van der Waals surface area contributed by atoms with Crippen molar-refractivity contribution >= 4 is 21.7 Å². The molecule has 0 radical (unpaired) electrons. The largest absolute Gasteiger partial charge is 0.296 e. The predicted molar refractivity (Wildman–Crippen MR) is 77.9 cm³/mol. The van der Waals surface area contributed by atoms with Crippen LogP contribution in [0.4, 0.5) is 0 Å². The number of carbonyl (C=O) groups is 1. The van der Waals surface area contributed by atoms with E-state index in [9.17, 15) is 4.79 Å². The molecule has 0 unspecified atom stereocenters. The van der Waals surface area contributed by atoms with Gasteiger partial charge < -0.3 is 0 Å². The summed E-state index contributed by atoms with van der Waals surface area (Å²) in [6.45, 7) is 4.70. The molecule has 98 valence electrons. The van der Waals surface area contributed by atoms with E-state index in [0.29, 0.717) is 6.54 Å². The molecule has 1 fully saturated rings. The highest BCUT2D eigenvalue weighted by Crippen LogP contribution is 2.27. The van der Waals surface area contributed by atoms with Gasteiger partial charge in [0.15, 0.2) is 5.78 Å². The minimum Gasteiger partial charge on any atom is -0.296 e. The van der Waals surface area contributed by atoms with Crippen molar-refractivity contribution in [3.05, 3.63) is 34.3 Å². The van der Waals surface area contributed by atoms with E-state index in [2.05, 4.69) is 27.8 Å². The van der Waals surface area contributed by atoms with E-state index in [1.165, 1.54) is 19.3 Å². The number of rotatable bonds is 6. The molecule has 2 nitrogen and oxygen atoms in total. The Hall–Kier alpha value is -0.670. The van der Waals surface area contributed by atoms with Gasteiger partial charge in [-0.15, -0.1) is 0 Å². The van der Waals surface area contributed by atoms with E-state index < -0.39 is 0 Å². The van der Waals surface area contributed by atoms with Gasteiger partial charge in [0.25, 0.3) is 0 Å². The Morgan fingerprint density at radius 1 is 1.39 bits per heavy atom. The summed E-state index contributed by atoms with van der Waals surface area (Å²) in [6, 6.07) is 7.67. The molecule has 0 spiro atoms. The second kappa shape index (κ2) is 6.48. The SMILES string of the molecule is CCN(CC(=O)c1ccccc1Br)CC1CCC1. The number of nitrogens with zero attached hydrogens (tertiary/aromatic N) is 1. The fourth-order valence-corrected chi connectivity index (χ4v) is 2.83. The second-order valence-electron chi connectivity index (χ2n) is 5.03. The zero-order valence-electron chi connectivity index (χ0n) is 10.9. The maximum atomic E-state index is 12.3. The smallest absolute Gasteiger partial charge is 0.177 e. The van der Waals surface area contributed by atoms with E-state index >= 15 is 0 Å². The molecule has 0 heterocycles. The summed E-state index contributed by atoms with van der Waals surface area (Å²) in [5.41, 5.74) is 0.796. The van der Waals surface area contributed by atoms with E-state index in [1.807, 2.05) is 24.3 Å². The molecule has 0 atom stereocenters. The fourth-order valence-electron chi connectivity index (χ4n) is 2.32. The van der Waals surface area contributed by atoms with E-state index in [1.54, 1.807) is 0 Å². The molecule has 0 aliphatic heterocycles. The molecule has 0 saturated heterocycles. The van der Waals surface area contributed by atoms with Crippen LogP contribution in [-0.2, 0) is 0 Å². The van der Waals surface area contributed by atoms with Crippen LogP contribution in [0.1, 0.15) is 36.5 Å². The molecule has 0 aromatic heterocycles. The monoisotopic (exact) mass is 309 g/mol. The molecular formula is C15H20BrNO. The Morgan fingerprint density at radius 3 is 2.67 bits per heavy atom. The minimum atomic E-state index is 0.212. The van der Waals surface area contributed by atoms with E-state index in [-0.39, 0.29) is 5.78 Å². The van der Waals surface area contributed by atoms with Crippen molar-refractivity contribution in [2.75, 3.05) is 19.6 Å². The number of halogens is 1. The average Bonchev–Trinajstić information content (AvgIpc) is 2.32. The third-order valence-electron chi connectivity index (χ3n) is 3.73. The Bertz CT molecular complexity index is 415. The summed E-state index contributed by atoms with van der Waals surface area (Å²) < 4.78 is 0.898. The van der Waals surface area contributed by atoms with Crippen molar-refractivity contribution in [3.63, 3.8) is 0 Å². The summed E-state index contributed by atoms with van der Waals surface area (Å²) in [5, 5.41) is 0. The first-order valence-corrected chi connectivity index (χ1v) is 7.50. The quantitative estimate of drug-likeness (QED) is 0.746. The molecule has 0 bridgehead atoms. The predicted octanol–water partition coefficient (Wildman–Crippen LogP) is 3.75. The summed E-state index contributed by atoms with van der Waals surface area (Å²) in [7, 11) is 0. The van der Waals surface area contributed by atoms with Crippen molar-refractivity contribution in [2.45, 2.75) is 26.2 Å². The number of ketones is 1. The van der Waals surface area contributed by atoms with Gasteiger partial charge >= 0.3 is 0 Å². The van der Waals surface area contributed by atoms with Crippen LogP contribution in [0.15, 0.2) is 28.7 Å². The maximum absolute atomic E-state index is 12.3. The number of Topliss-reactive ketones (excluding diaryl/α,β-unsaturated/α-hetero) is 1. The van der Waals surface area contributed by atoms with Crippen molar-refractivity contribution in [2.24, 2.45) is 5.92 Å². The van der Waals surface area contributed by atoms with Gasteiger partial charge in [-0.2, -0.15) is 0 Å². The number of carbonyl (C=O) groups excluding carboxylic acids is 1. The van der Waals surface area contributed by atoms with Crippen LogP contribution in [0, 0.1) is 5.92 Å². The molecule has 1 aromatic carbocycles. The van der Waals surface area contributed by atoms with Crippen LogP contribution >= 0.6 is 15.9 Å². The highest BCUT2D eigenvalue weighted by atomic mass is 79.9. The van der Waals surface area contributed by atoms with Crippen LogP contribution in [0.5, 0.6) is 0 Å². The molecular weight excluding hydrogens is 290 g/mol. The highest BCUT2D eigenvalue weighted by molar-refractivity contribution is 9.10. The summed E-state index contributed by atoms with van der Waals surface area (Å²) >= 11 is 3.45. The lowest BCUT2D eigenvalue weighted by Crippen LogP contribution is -2.36. The zero-order valence-corrected chi connectivity index (χ0v) is 12.4. The van der Waals surface area contributed by atoms with Crippen LogP contribution in [-0.4, -0.2) is 30.3 Å². The number of hydrogen-bond acceptors (Lipinski definition) is 2. The molecule has 1 aliphatic rings. The highest BCUT2D eigenvalue weighted by Gasteiger charge is 2.21. The maximum Gasteiger partial charge on any atom is 0.177 e. The molecule has 0 N–H and O–H groups in total. The van der Waals surface area contributed by atoms with Gasteiger partial charge in [-0.3, -0.25) is 9.69 Å². The topological polar surface area (TPSA) is 20.3 Å². The molecule has 2 rings (SSSR count). The number of likely N-dealkylation sites (N-methyl/N-ethyl adjacent to an activating group) is 1. The third kappa shape index (κ3) is 3.42. The zero-order chi connectivity index (χ0) is 13.0. The van der Waals surface area contributed by atoms with Gasteiger partial charge in [-0.25, -0.2) is 0 Å². The first-order chi connectivity index (χ1) is 8.70. The lowest BCUT2D eigenvalue weighted by molar-refractivity contribution is 0.0904. The minimum absolute atomic E-state index is 0.212.